The fourth-order valence-electron chi connectivity index (χ4n) is 2.74. The molecule has 0 saturated heterocycles. The lowest BCUT2D eigenvalue weighted by atomic mass is 10.1. The predicted octanol–water partition coefficient (Wildman–Crippen LogP) is 3.84. The summed E-state index contributed by atoms with van der Waals surface area (Å²) in [5.41, 5.74) is 1.82. The van der Waals surface area contributed by atoms with Crippen LogP contribution >= 0.6 is 11.3 Å². The summed E-state index contributed by atoms with van der Waals surface area (Å²) in [5.74, 6) is -1.49. The molecule has 0 radical (unpaired) electrons. The Morgan fingerprint density at radius 3 is 2.41 bits per heavy atom. The van der Waals surface area contributed by atoms with Crippen LogP contribution in [0.25, 0.3) is 11.3 Å². The van der Waals surface area contributed by atoms with Gasteiger partial charge in [0, 0.05) is 17.0 Å². The maximum Gasteiger partial charge on any atom is 0.345 e. The van der Waals surface area contributed by atoms with E-state index in [1.807, 2.05) is 31.2 Å². The SMILES string of the molecule is COc1cc(C(=O)OCC(=O)Nc2nc(-c3ccc(C)cc3)cs2)c([N+](=O)[O-])cc1OC. The average molecular weight is 457 g/mol. The van der Waals surface area contributed by atoms with E-state index in [0.29, 0.717) is 10.8 Å². The Kier molecular flexibility index (Phi) is 7.00. The van der Waals surface area contributed by atoms with Crippen LogP contribution in [0.5, 0.6) is 11.5 Å². The lowest BCUT2D eigenvalue weighted by Gasteiger charge is -2.10. The fraction of sp³-hybridized carbons (Fsp3) is 0.190. The molecular weight excluding hydrogens is 438 g/mol. The number of amides is 1. The number of thiazole rings is 1. The lowest BCUT2D eigenvalue weighted by molar-refractivity contribution is -0.385. The summed E-state index contributed by atoms with van der Waals surface area (Å²) in [4.78, 5) is 39.5. The molecule has 0 aliphatic carbocycles. The number of nitrogens with one attached hydrogen (secondary N) is 1. The Morgan fingerprint density at radius 2 is 1.78 bits per heavy atom. The van der Waals surface area contributed by atoms with Gasteiger partial charge in [0.05, 0.1) is 30.9 Å². The van der Waals surface area contributed by atoms with Gasteiger partial charge in [-0.15, -0.1) is 11.3 Å². The first kappa shape index (κ1) is 22.7. The molecule has 2 aromatic carbocycles. The molecule has 11 heteroatoms. The van der Waals surface area contributed by atoms with Crippen molar-refractivity contribution >= 4 is 34.0 Å². The minimum absolute atomic E-state index is 0.0849. The van der Waals surface area contributed by atoms with Crippen molar-refractivity contribution in [3.05, 3.63) is 63.0 Å². The number of aromatic nitrogens is 1. The van der Waals surface area contributed by atoms with E-state index in [4.69, 9.17) is 14.2 Å². The van der Waals surface area contributed by atoms with E-state index in [1.54, 1.807) is 5.38 Å². The number of anilines is 1. The van der Waals surface area contributed by atoms with E-state index in [0.717, 1.165) is 23.3 Å². The highest BCUT2D eigenvalue weighted by molar-refractivity contribution is 7.14. The number of nitro benzene ring substituents is 1. The quantitative estimate of drug-likeness (QED) is 0.307. The van der Waals surface area contributed by atoms with Crippen LogP contribution in [0.15, 0.2) is 41.8 Å². The molecule has 0 fully saturated rings. The predicted molar refractivity (Wildman–Crippen MR) is 117 cm³/mol. The van der Waals surface area contributed by atoms with Gasteiger partial charge in [0.15, 0.2) is 23.2 Å². The van der Waals surface area contributed by atoms with E-state index in [1.165, 1.54) is 25.6 Å². The number of ether oxygens (including phenoxy) is 3. The highest BCUT2D eigenvalue weighted by Crippen LogP contribution is 2.34. The van der Waals surface area contributed by atoms with Crippen molar-refractivity contribution in [3.8, 4) is 22.8 Å². The first-order valence-electron chi connectivity index (χ1n) is 9.22. The Hall–Kier alpha value is -3.99. The normalized spacial score (nSPS) is 10.3. The number of carbonyl (C=O) groups is 2. The smallest absolute Gasteiger partial charge is 0.345 e. The van der Waals surface area contributed by atoms with Crippen LogP contribution < -0.4 is 14.8 Å². The number of aryl methyl sites for hydroxylation is 1. The van der Waals surface area contributed by atoms with E-state index in [-0.39, 0.29) is 17.1 Å². The summed E-state index contributed by atoms with van der Waals surface area (Å²) < 4.78 is 15.0. The highest BCUT2D eigenvalue weighted by Gasteiger charge is 2.26. The van der Waals surface area contributed by atoms with E-state index >= 15 is 0 Å². The monoisotopic (exact) mass is 457 g/mol. The molecule has 1 amide bonds. The van der Waals surface area contributed by atoms with Crippen LogP contribution in [0, 0.1) is 17.0 Å². The molecule has 0 aliphatic rings. The van der Waals surface area contributed by atoms with Gasteiger partial charge >= 0.3 is 5.97 Å². The molecule has 1 aromatic heterocycles. The fourth-order valence-corrected chi connectivity index (χ4v) is 3.47. The molecule has 0 saturated carbocycles. The molecule has 0 spiro atoms. The van der Waals surface area contributed by atoms with Gasteiger partial charge in [-0.1, -0.05) is 29.8 Å². The zero-order valence-corrected chi connectivity index (χ0v) is 18.2. The minimum Gasteiger partial charge on any atom is -0.493 e. The van der Waals surface area contributed by atoms with Crippen molar-refractivity contribution in [1.82, 2.24) is 4.98 Å². The van der Waals surface area contributed by atoms with Gasteiger partial charge in [0.25, 0.3) is 11.6 Å². The largest absolute Gasteiger partial charge is 0.493 e. The molecule has 32 heavy (non-hydrogen) atoms. The van der Waals surface area contributed by atoms with Gasteiger partial charge in [0.2, 0.25) is 0 Å². The van der Waals surface area contributed by atoms with Crippen LogP contribution in [0.3, 0.4) is 0 Å². The molecule has 0 bridgehead atoms. The minimum atomic E-state index is -1.05. The molecular formula is C21H19N3O7S. The Balaban J connectivity index is 1.66. The van der Waals surface area contributed by atoms with Crippen LogP contribution in [-0.2, 0) is 9.53 Å². The van der Waals surface area contributed by atoms with E-state index in [2.05, 4.69) is 10.3 Å². The number of nitrogens with zero attached hydrogens (tertiary/aromatic N) is 2. The molecule has 0 unspecified atom stereocenters. The zero-order valence-electron chi connectivity index (χ0n) is 17.4. The first-order chi connectivity index (χ1) is 15.3. The third kappa shape index (κ3) is 5.19. The molecule has 10 nitrogen and oxygen atoms in total. The Morgan fingerprint density at radius 1 is 1.12 bits per heavy atom. The molecule has 166 valence electrons. The second-order valence-electron chi connectivity index (χ2n) is 6.51. The molecule has 0 aliphatic heterocycles. The van der Waals surface area contributed by atoms with Crippen molar-refractivity contribution < 1.29 is 28.7 Å². The summed E-state index contributed by atoms with van der Waals surface area (Å²) in [7, 11) is 2.64. The number of nitro groups is 1. The second-order valence-corrected chi connectivity index (χ2v) is 7.37. The van der Waals surface area contributed by atoms with Crippen molar-refractivity contribution in [2.75, 3.05) is 26.1 Å². The highest BCUT2D eigenvalue weighted by atomic mass is 32.1. The average Bonchev–Trinajstić information content (AvgIpc) is 3.25. The Labute approximate surface area is 186 Å². The molecule has 1 heterocycles. The van der Waals surface area contributed by atoms with Crippen molar-refractivity contribution in [3.63, 3.8) is 0 Å². The lowest BCUT2D eigenvalue weighted by Crippen LogP contribution is -2.21. The van der Waals surface area contributed by atoms with Gasteiger partial charge < -0.3 is 14.2 Å². The van der Waals surface area contributed by atoms with Gasteiger partial charge in [-0.3, -0.25) is 20.2 Å². The second kappa shape index (κ2) is 9.88. The topological polar surface area (TPSA) is 130 Å². The van der Waals surface area contributed by atoms with Crippen LogP contribution in [0.2, 0.25) is 0 Å². The number of carbonyl (C=O) groups excluding carboxylic acids is 2. The third-order valence-corrected chi connectivity index (χ3v) is 5.11. The molecule has 0 atom stereocenters. The summed E-state index contributed by atoms with van der Waals surface area (Å²) >= 11 is 1.22. The van der Waals surface area contributed by atoms with Gasteiger partial charge in [-0.05, 0) is 6.92 Å². The molecule has 3 aromatic rings. The number of hydrogen-bond acceptors (Lipinski definition) is 9. The maximum absolute atomic E-state index is 12.4. The summed E-state index contributed by atoms with van der Waals surface area (Å²) in [6.07, 6.45) is 0. The number of methoxy groups -OCH3 is 2. The number of rotatable bonds is 8. The van der Waals surface area contributed by atoms with Crippen LogP contribution in [-0.4, -0.2) is 42.6 Å². The standard InChI is InChI=1S/C21H19N3O7S/c1-12-4-6-13(7-5-12)15-11-32-21(22-15)23-19(25)10-31-20(26)14-8-17(29-2)18(30-3)9-16(14)24(27)28/h4-9,11H,10H2,1-3H3,(H,22,23,25). The molecule has 3 rings (SSSR count). The number of hydrogen-bond donors (Lipinski definition) is 1. The third-order valence-electron chi connectivity index (χ3n) is 4.35. The first-order valence-corrected chi connectivity index (χ1v) is 10.1. The van der Waals surface area contributed by atoms with Crippen LogP contribution in [0.1, 0.15) is 15.9 Å². The summed E-state index contributed by atoms with van der Waals surface area (Å²) in [6.45, 7) is 1.33. The van der Waals surface area contributed by atoms with Gasteiger partial charge in [-0.25, -0.2) is 9.78 Å². The molecule has 1 N–H and O–H groups in total. The Bertz CT molecular complexity index is 1160. The number of benzene rings is 2. The van der Waals surface area contributed by atoms with Crippen molar-refractivity contribution in [1.29, 1.82) is 0 Å². The van der Waals surface area contributed by atoms with E-state index in [9.17, 15) is 19.7 Å². The summed E-state index contributed by atoms with van der Waals surface area (Å²) in [5, 5.41) is 16.0. The van der Waals surface area contributed by atoms with Crippen LogP contribution in [0.4, 0.5) is 10.8 Å². The zero-order chi connectivity index (χ0) is 23.3. The maximum atomic E-state index is 12.4. The summed E-state index contributed by atoms with van der Waals surface area (Å²) in [6, 6.07) is 9.95. The number of esters is 1. The van der Waals surface area contributed by atoms with Gasteiger partial charge in [0.1, 0.15) is 5.56 Å². The van der Waals surface area contributed by atoms with Gasteiger partial charge in [-0.2, -0.15) is 0 Å². The van der Waals surface area contributed by atoms with E-state index < -0.39 is 29.1 Å². The van der Waals surface area contributed by atoms with Crippen molar-refractivity contribution in [2.45, 2.75) is 6.92 Å². The van der Waals surface area contributed by atoms with Crippen molar-refractivity contribution in [2.24, 2.45) is 0 Å².